The van der Waals surface area contributed by atoms with Crippen LogP contribution in [-0.4, -0.2) is 32.9 Å². The molecule has 0 spiro atoms. The molecular formula is C13H20N2O2S. The Labute approximate surface area is 109 Å². The van der Waals surface area contributed by atoms with E-state index in [9.17, 15) is 8.42 Å². The highest BCUT2D eigenvalue weighted by atomic mass is 32.2. The predicted molar refractivity (Wildman–Crippen MR) is 74.0 cm³/mol. The van der Waals surface area contributed by atoms with Crippen LogP contribution in [0.5, 0.6) is 0 Å². The van der Waals surface area contributed by atoms with Gasteiger partial charge in [-0.15, -0.1) is 0 Å². The van der Waals surface area contributed by atoms with Crippen molar-refractivity contribution in [3.05, 3.63) is 29.8 Å². The maximum atomic E-state index is 12.3. The highest BCUT2D eigenvalue weighted by Crippen LogP contribution is 2.31. The monoisotopic (exact) mass is 268 g/mol. The van der Waals surface area contributed by atoms with Crippen LogP contribution < -0.4 is 4.31 Å². The van der Waals surface area contributed by atoms with E-state index in [0.29, 0.717) is 19.0 Å². The fourth-order valence-electron chi connectivity index (χ4n) is 2.28. The minimum atomic E-state index is -3.34. The molecular weight excluding hydrogens is 248 g/mol. The van der Waals surface area contributed by atoms with Gasteiger partial charge in [-0.3, -0.25) is 4.31 Å². The molecule has 1 saturated heterocycles. The van der Waals surface area contributed by atoms with Gasteiger partial charge in [-0.2, -0.15) is 12.7 Å². The van der Waals surface area contributed by atoms with Crippen LogP contribution in [-0.2, 0) is 10.2 Å². The van der Waals surface area contributed by atoms with Crippen LogP contribution in [0.15, 0.2) is 24.3 Å². The van der Waals surface area contributed by atoms with Crippen molar-refractivity contribution in [1.82, 2.24) is 4.31 Å². The van der Waals surface area contributed by atoms with E-state index >= 15 is 0 Å². The number of hydrogen-bond donors (Lipinski definition) is 0. The Bertz CT molecular complexity index is 526. The number of para-hydroxylation sites is 1. The molecule has 1 aromatic carbocycles. The van der Waals surface area contributed by atoms with Crippen molar-refractivity contribution in [1.29, 1.82) is 0 Å². The second-order valence-electron chi connectivity index (χ2n) is 4.97. The van der Waals surface area contributed by atoms with Crippen molar-refractivity contribution in [2.75, 3.05) is 24.4 Å². The van der Waals surface area contributed by atoms with Crippen molar-refractivity contribution in [2.45, 2.75) is 26.2 Å². The summed E-state index contributed by atoms with van der Waals surface area (Å²) in [4.78, 5) is 0. The first kappa shape index (κ1) is 13.4. The molecule has 0 radical (unpaired) electrons. The van der Waals surface area contributed by atoms with E-state index < -0.39 is 10.2 Å². The summed E-state index contributed by atoms with van der Waals surface area (Å²) in [7, 11) is -1.71. The Balaban J connectivity index is 2.48. The first-order valence-electron chi connectivity index (χ1n) is 6.27. The van der Waals surface area contributed by atoms with Crippen molar-refractivity contribution < 1.29 is 8.42 Å². The summed E-state index contributed by atoms with van der Waals surface area (Å²) in [6.07, 6.45) is 0.863. The van der Waals surface area contributed by atoms with Gasteiger partial charge in [0.25, 0.3) is 0 Å². The van der Waals surface area contributed by atoms with Gasteiger partial charge in [0.1, 0.15) is 0 Å². The second kappa shape index (κ2) is 4.90. The summed E-state index contributed by atoms with van der Waals surface area (Å²) in [5, 5.41) is 0. The lowest BCUT2D eigenvalue weighted by Gasteiger charge is -2.35. The fraction of sp³-hybridized carbons (Fsp3) is 0.538. The second-order valence-corrected chi connectivity index (χ2v) is 6.93. The minimum Gasteiger partial charge on any atom is -0.257 e. The average Bonchev–Trinajstić information content (AvgIpc) is 2.32. The molecule has 0 bridgehead atoms. The van der Waals surface area contributed by atoms with E-state index in [1.165, 1.54) is 8.61 Å². The number of rotatable bonds is 2. The van der Waals surface area contributed by atoms with Gasteiger partial charge in [0, 0.05) is 20.1 Å². The summed E-state index contributed by atoms with van der Waals surface area (Å²) < 4.78 is 27.6. The summed E-state index contributed by atoms with van der Waals surface area (Å²) in [6.45, 7) is 5.33. The third-order valence-corrected chi connectivity index (χ3v) is 5.24. The first-order chi connectivity index (χ1) is 8.44. The van der Waals surface area contributed by atoms with Crippen LogP contribution in [0.3, 0.4) is 0 Å². The zero-order chi connectivity index (χ0) is 13.3. The Hall–Kier alpha value is -1.07. The zero-order valence-corrected chi connectivity index (χ0v) is 11.9. The highest BCUT2D eigenvalue weighted by Gasteiger charge is 2.32. The molecule has 1 fully saturated rings. The van der Waals surface area contributed by atoms with Crippen molar-refractivity contribution in [2.24, 2.45) is 0 Å². The number of benzene rings is 1. The van der Waals surface area contributed by atoms with Gasteiger partial charge in [-0.25, -0.2) is 0 Å². The topological polar surface area (TPSA) is 40.6 Å². The molecule has 0 unspecified atom stereocenters. The minimum absolute atomic E-state index is 0.309. The van der Waals surface area contributed by atoms with E-state index in [0.717, 1.165) is 17.7 Å². The van der Waals surface area contributed by atoms with Gasteiger partial charge in [-0.05, 0) is 24.0 Å². The van der Waals surface area contributed by atoms with Crippen LogP contribution in [0.2, 0.25) is 0 Å². The predicted octanol–water partition coefficient (Wildman–Crippen LogP) is 2.20. The Morgan fingerprint density at radius 3 is 2.50 bits per heavy atom. The normalized spacial score (nSPS) is 20.3. The quantitative estimate of drug-likeness (QED) is 0.825. The summed E-state index contributed by atoms with van der Waals surface area (Å²) in [6, 6.07) is 7.75. The Morgan fingerprint density at radius 2 is 1.83 bits per heavy atom. The molecule has 0 aromatic heterocycles. The van der Waals surface area contributed by atoms with Gasteiger partial charge in [0.2, 0.25) is 0 Å². The Kier molecular flexibility index (Phi) is 3.64. The van der Waals surface area contributed by atoms with Crippen molar-refractivity contribution in [3.8, 4) is 0 Å². The molecule has 4 nitrogen and oxygen atoms in total. The molecule has 5 heteroatoms. The van der Waals surface area contributed by atoms with Crippen LogP contribution in [0, 0.1) is 0 Å². The first-order valence-corrected chi connectivity index (χ1v) is 7.67. The zero-order valence-electron chi connectivity index (χ0n) is 11.1. The molecule has 2 rings (SSSR count). The molecule has 0 atom stereocenters. The largest absolute Gasteiger partial charge is 0.303 e. The summed E-state index contributed by atoms with van der Waals surface area (Å²) >= 11 is 0. The van der Waals surface area contributed by atoms with Gasteiger partial charge in [-0.1, -0.05) is 32.0 Å². The molecule has 1 heterocycles. The smallest absolute Gasteiger partial charge is 0.257 e. The van der Waals surface area contributed by atoms with E-state index in [2.05, 4.69) is 13.8 Å². The number of nitrogens with zero attached hydrogens (tertiary/aromatic N) is 2. The highest BCUT2D eigenvalue weighted by molar-refractivity contribution is 7.90. The van der Waals surface area contributed by atoms with E-state index in [1.807, 2.05) is 24.3 Å². The third kappa shape index (κ3) is 2.24. The van der Waals surface area contributed by atoms with Crippen molar-refractivity contribution >= 4 is 15.9 Å². The van der Waals surface area contributed by atoms with Crippen LogP contribution in [0.1, 0.15) is 31.7 Å². The molecule has 0 saturated carbocycles. The molecule has 0 aliphatic carbocycles. The molecule has 1 aliphatic heterocycles. The van der Waals surface area contributed by atoms with E-state index in [-0.39, 0.29) is 0 Å². The Morgan fingerprint density at radius 1 is 1.17 bits per heavy atom. The molecule has 100 valence electrons. The van der Waals surface area contributed by atoms with Gasteiger partial charge >= 0.3 is 10.2 Å². The average molecular weight is 268 g/mol. The van der Waals surface area contributed by atoms with Crippen molar-refractivity contribution in [3.63, 3.8) is 0 Å². The molecule has 0 N–H and O–H groups in total. The molecule has 1 aliphatic rings. The van der Waals surface area contributed by atoms with Crippen LogP contribution >= 0.6 is 0 Å². The summed E-state index contributed by atoms with van der Waals surface area (Å²) in [5.41, 5.74) is 1.90. The van der Waals surface area contributed by atoms with Gasteiger partial charge in [0.15, 0.2) is 0 Å². The maximum absolute atomic E-state index is 12.3. The standard InChI is InChI=1S/C13H20N2O2S/c1-11(2)12-7-4-5-8-13(12)15-10-6-9-14(3)18(15,16)17/h4-5,7-8,11H,6,9-10H2,1-3H3. The number of anilines is 1. The van der Waals surface area contributed by atoms with Crippen LogP contribution in [0.4, 0.5) is 5.69 Å². The molecule has 0 amide bonds. The van der Waals surface area contributed by atoms with Gasteiger partial charge < -0.3 is 0 Å². The fourth-order valence-corrected chi connectivity index (χ4v) is 3.75. The SMILES string of the molecule is CC(C)c1ccccc1N1CCCN(C)S1(=O)=O. The maximum Gasteiger partial charge on any atom is 0.303 e. The third-order valence-electron chi connectivity index (χ3n) is 3.33. The lowest BCUT2D eigenvalue weighted by Crippen LogP contribution is -2.48. The molecule has 18 heavy (non-hydrogen) atoms. The van der Waals surface area contributed by atoms with Crippen LogP contribution in [0.25, 0.3) is 0 Å². The number of hydrogen-bond acceptors (Lipinski definition) is 2. The van der Waals surface area contributed by atoms with Gasteiger partial charge in [0.05, 0.1) is 5.69 Å². The van der Waals surface area contributed by atoms with E-state index in [1.54, 1.807) is 7.05 Å². The van der Waals surface area contributed by atoms with E-state index in [4.69, 9.17) is 0 Å². The summed E-state index contributed by atoms with van der Waals surface area (Å²) in [5.74, 6) is 0.309. The lowest BCUT2D eigenvalue weighted by atomic mass is 10.0. The molecule has 1 aromatic rings. The lowest BCUT2D eigenvalue weighted by molar-refractivity contribution is 0.437.